The molecule has 0 N–H and O–H groups in total. The van der Waals surface area contributed by atoms with Crippen molar-refractivity contribution in [2.24, 2.45) is 0 Å². The van der Waals surface area contributed by atoms with Gasteiger partial charge in [-0.2, -0.15) is 0 Å². The van der Waals surface area contributed by atoms with Gasteiger partial charge in [-0.3, -0.25) is 9.59 Å². The van der Waals surface area contributed by atoms with Crippen molar-refractivity contribution in [1.29, 1.82) is 0 Å². The standard InChI is InChI=1S/C54H101NO7/c1-6-8-10-12-14-16-18-20-22-24-25-26-27-28-29-31-32-34-36-38-40-42-44-52(56)61-49-50(48-60-47-46-51(54(58)59)55(3,4)5)62-53(57)45-43-41-39-37-35-33-30-23-21-19-17-15-13-11-9-7-2/h23,30,33,35,50-51H,6-22,24-29,31-32,34,36-49H2,1-5H3/b30-23+,35-33+. The maximum absolute atomic E-state index is 12.8. The first-order chi connectivity index (χ1) is 30.1. The van der Waals surface area contributed by atoms with Gasteiger partial charge in [0, 0.05) is 19.3 Å². The first-order valence-corrected chi connectivity index (χ1v) is 26.4. The van der Waals surface area contributed by atoms with Crippen LogP contribution in [0.3, 0.4) is 0 Å². The summed E-state index contributed by atoms with van der Waals surface area (Å²) in [5.41, 5.74) is 0. The summed E-state index contributed by atoms with van der Waals surface area (Å²) in [6, 6.07) is -0.728. The third-order valence-electron chi connectivity index (χ3n) is 12.1. The van der Waals surface area contributed by atoms with Gasteiger partial charge in [0.1, 0.15) is 12.6 Å². The number of carboxylic acids is 1. The van der Waals surface area contributed by atoms with Gasteiger partial charge in [0.05, 0.1) is 40.3 Å². The van der Waals surface area contributed by atoms with Gasteiger partial charge in [0.25, 0.3) is 0 Å². The highest BCUT2D eigenvalue weighted by Gasteiger charge is 2.25. The van der Waals surface area contributed by atoms with Gasteiger partial charge < -0.3 is 28.6 Å². The molecule has 8 nitrogen and oxygen atoms in total. The van der Waals surface area contributed by atoms with Crippen molar-refractivity contribution < 1.29 is 38.2 Å². The normalized spacial score (nSPS) is 13.0. The van der Waals surface area contributed by atoms with Crippen LogP contribution in [0, 0.1) is 0 Å². The fourth-order valence-corrected chi connectivity index (χ4v) is 8.01. The van der Waals surface area contributed by atoms with Crippen molar-refractivity contribution in [3.8, 4) is 0 Å². The van der Waals surface area contributed by atoms with Gasteiger partial charge in [0.15, 0.2) is 6.10 Å². The quantitative estimate of drug-likeness (QED) is 0.0260. The monoisotopic (exact) mass is 876 g/mol. The number of quaternary nitrogens is 1. The number of unbranched alkanes of at least 4 members (excludes halogenated alkanes) is 31. The predicted octanol–water partition coefficient (Wildman–Crippen LogP) is 13.9. The lowest BCUT2D eigenvalue weighted by molar-refractivity contribution is -0.889. The van der Waals surface area contributed by atoms with Crippen LogP contribution in [0.25, 0.3) is 0 Å². The van der Waals surface area contributed by atoms with Crippen LogP contribution in [-0.2, 0) is 28.6 Å². The Hall–Kier alpha value is -2.19. The lowest BCUT2D eigenvalue weighted by atomic mass is 10.0. The smallest absolute Gasteiger partial charge is 0.306 e. The molecular weight excluding hydrogens is 775 g/mol. The highest BCUT2D eigenvalue weighted by Crippen LogP contribution is 2.17. The van der Waals surface area contributed by atoms with Crippen molar-refractivity contribution in [2.75, 3.05) is 41.0 Å². The minimum absolute atomic E-state index is 0.0343. The molecule has 8 heteroatoms. The highest BCUT2D eigenvalue weighted by molar-refractivity contribution is 5.70. The number of likely N-dealkylation sites (N-methyl/N-ethyl adjacent to an activating group) is 1. The molecule has 0 fully saturated rings. The lowest BCUT2D eigenvalue weighted by Gasteiger charge is -2.34. The van der Waals surface area contributed by atoms with E-state index in [-0.39, 0.29) is 42.7 Å². The highest BCUT2D eigenvalue weighted by atomic mass is 16.6. The second-order valence-electron chi connectivity index (χ2n) is 19.1. The average molecular weight is 876 g/mol. The third kappa shape index (κ3) is 43.1. The van der Waals surface area contributed by atoms with E-state index in [1.165, 1.54) is 167 Å². The van der Waals surface area contributed by atoms with Gasteiger partial charge in [-0.15, -0.1) is 0 Å². The predicted molar refractivity (Wildman–Crippen MR) is 259 cm³/mol. The molecule has 0 bridgehead atoms. The van der Waals surface area contributed by atoms with Crippen LogP contribution in [-0.4, -0.2) is 75.5 Å². The number of ether oxygens (including phenoxy) is 3. The number of hydrogen-bond acceptors (Lipinski definition) is 7. The number of carbonyl (C=O) groups excluding carboxylic acids is 3. The van der Waals surface area contributed by atoms with Crippen LogP contribution in [0.4, 0.5) is 0 Å². The zero-order valence-corrected chi connectivity index (χ0v) is 41.6. The number of esters is 2. The first kappa shape index (κ1) is 59.8. The Morgan fingerprint density at radius 1 is 0.484 bits per heavy atom. The van der Waals surface area contributed by atoms with Crippen LogP contribution in [0.5, 0.6) is 0 Å². The fourth-order valence-electron chi connectivity index (χ4n) is 8.01. The Labute approximate surface area is 383 Å². The number of carboxylic acid groups (broad SMARTS) is 1. The summed E-state index contributed by atoms with van der Waals surface area (Å²) < 4.78 is 17.2. The molecule has 364 valence electrons. The molecule has 0 heterocycles. The van der Waals surface area contributed by atoms with Gasteiger partial charge in [0.2, 0.25) is 0 Å². The van der Waals surface area contributed by atoms with Gasteiger partial charge >= 0.3 is 11.9 Å². The van der Waals surface area contributed by atoms with Gasteiger partial charge in [-0.05, 0) is 38.5 Å². The molecule has 0 radical (unpaired) electrons. The van der Waals surface area contributed by atoms with Crippen molar-refractivity contribution in [3.63, 3.8) is 0 Å². The summed E-state index contributed by atoms with van der Waals surface area (Å²) in [6.45, 7) is 4.67. The molecule has 62 heavy (non-hydrogen) atoms. The second kappa shape index (κ2) is 45.4. The number of allylic oxidation sites excluding steroid dienone is 4. The minimum Gasteiger partial charge on any atom is -0.544 e. The number of nitrogens with zero attached hydrogens (tertiary/aromatic N) is 1. The lowest BCUT2D eigenvalue weighted by Crippen LogP contribution is -2.55. The molecule has 0 saturated heterocycles. The zero-order chi connectivity index (χ0) is 45.6. The summed E-state index contributed by atoms with van der Waals surface area (Å²) in [5.74, 6) is -1.75. The Morgan fingerprint density at radius 3 is 1.23 bits per heavy atom. The molecular formula is C54H101NO7. The van der Waals surface area contributed by atoms with E-state index in [0.29, 0.717) is 12.8 Å². The maximum atomic E-state index is 12.8. The summed E-state index contributed by atoms with van der Waals surface area (Å²) >= 11 is 0. The van der Waals surface area contributed by atoms with E-state index >= 15 is 0 Å². The molecule has 0 amide bonds. The number of carbonyl (C=O) groups is 3. The van der Waals surface area contributed by atoms with Crippen LogP contribution < -0.4 is 5.11 Å². The molecule has 0 aliphatic rings. The van der Waals surface area contributed by atoms with Crippen molar-refractivity contribution in [3.05, 3.63) is 24.3 Å². The van der Waals surface area contributed by atoms with Crippen molar-refractivity contribution >= 4 is 17.9 Å². The van der Waals surface area contributed by atoms with Crippen LogP contribution in [0.1, 0.15) is 251 Å². The Morgan fingerprint density at radius 2 is 0.839 bits per heavy atom. The molecule has 0 aliphatic carbocycles. The Bertz CT molecular complexity index is 1070. The summed E-state index contributed by atoms with van der Waals surface area (Å²) in [7, 11) is 5.41. The molecule has 2 atom stereocenters. The summed E-state index contributed by atoms with van der Waals surface area (Å²) in [5, 5.41) is 11.7. The van der Waals surface area contributed by atoms with E-state index in [9.17, 15) is 19.5 Å². The third-order valence-corrected chi connectivity index (χ3v) is 12.1. The Kier molecular flexibility index (Phi) is 43.8. The number of hydrogen-bond donors (Lipinski definition) is 0. The molecule has 0 aromatic heterocycles. The molecule has 0 aliphatic heterocycles. The van der Waals surface area contributed by atoms with Crippen LogP contribution >= 0.6 is 0 Å². The molecule has 0 spiro atoms. The summed E-state index contributed by atoms with van der Waals surface area (Å²) in [4.78, 5) is 37.0. The molecule has 0 saturated carbocycles. The number of aliphatic carboxylic acids is 1. The van der Waals surface area contributed by atoms with E-state index in [4.69, 9.17) is 14.2 Å². The van der Waals surface area contributed by atoms with Crippen molar-refractivity contribution in [1.82, 2.24) is 0 Å². The molecule has 0 aromatic rings. The molecule has 2 unspecified atom stereocenters. The molecule has 0 aromatic carbocycles. The van der Waals surface area contributed by atoms with Crippen LogP contribution in [0.2, 0.25) is 0 Å². The second-order valence-corrected chi connectivity index (χ2v) is 19.1. The number of rotatable bonds is 48. The minimum atomic E-state index is -1.13. The van der Waals surface area contributed by atoms with E-state index in [2.05, 4.69) is 38.2 Å². The van der Waals surface area contributed by atoms with E-state index in [1.54, 1.807) is 21.1 Å². The van der Waals surface area contributed by atoms with Crippen LogP contribution in [0.15, 0.2) is 24.3 Å². The van der Waals surface area contributed by atoms with E-state index in [0.717, 1.165) is 51.4 Å². The zero-order valence-electron chi connectivity index (χ0n) is 41.6. The SMILES string of the molecule is CCCCCCCCC/C=C/C=C/CCCCCC(=O)OC(COCCC(C(=O)[O-])[N+](C)(C)C)COC(=O)CCCCCCCCCCCCCCCCCCCCCCCC. The maximum Gasteiger partial charge on any atom is 0.306 e. The summed E-state index contributed by atoms with van der Waals surface area (Å²) in [6.07, 6.45) is 52.2. The van der Waals surface area contributed by atoms with Gasteiger partial charge in [-0.1, -0.05) is 218 Å². The van der Waals surface area contributed by atoms with E-state index < -0.39 is 18.1 Å². The first-order valence-electron chi connectivity index (χ1n) is 26.4. The topological polar surface area (TPSA) is 102 Å². The largest absolute Gasteiger partial charge is 0.544 e. The van der Waals surface area contributed by atoms with Gasteiger partial charge in [-0.25, -0.2) is 0 Å². The van der Waals surface area contributed by atoms with E-state index in [1.807, 2.05) is 0 Å². The average Bonchev–Trinajstić information content (AvgIpc) is 3.23. The molecule has 0 rings (SSSR count). The fraction of sp³-hybridized carbons (Fsp3) is 0.870. The van der Waals surface area contributed by atoms with Crippen molar-refractivity contribution in [2.45, 2.75) is 264 Å². The Balaban J connectivity index is 4.20.